The van der Waals surface area contributed by atoms with Gasteiger partial charge in [0.25, 0.3) is 0 Å². The van der Waals surface area contributed by atoms with E-state index in [0.29, 0.717) is 47.2 Å². The predicted molar refractivity (Wildman–Crippen MR) is 167 cm³/mol. The molecule has 0 heterocycles. The second-order valence-corrected chi connectivity index (χ2v) is 10.4. The van der Waals surface area contributed by atoms with Crippen LogP contribution in [0.1, 0.15) is 65.8 Å². The van der Waals surface area contributed by atoms with Crippen LogP contribution in [0.4, 0.5) is 11.4 Å². The molecule has 0 fully saturated rings. The van der Waals surface area contributed by atoms with Gasteiger partial charge in [-0.25, -0.2) is 4.79 Å². The van der Waals surface area contributed by atoms with E-state index in [4.69, 9.17) is 4.74 Å². The molecule has 0 aromatic heterocycles. The van der Waals surface area contributed by atoms with Crippen LogP contribution in [0.5, 0.6) is 5.75 Å². The zero-order valence-corrected chi connectivity index (χ0v) is 23.9. The lowest BCUT2D eigenvalue weighted by molar-refractivity contribution is 0.0601. The normalized spacial score (nSPS) is 12.0. The summed E-state index contributed by atoms with van der Waals surface area (Å²) in [5.41, 5.74) is 4.38. The van der Waals surface area contributed by atoms with Gasteiger partial charge in [0.15, 0.2) is 11.6 Å². The standard InChI is InChI=1S/C36H30N2O5/c1-3-23-14-15-24-25(29(23)36(42)43-2)18-26-30(33(24)39)35(41)32-28(38-20-22-12-8-5-9-13-22)17-16-27(31(32)34(26)40)37-19-21-10-6-4-7-11-21/h4-18,37-39H,3,19-20H2,1-2H3. The third-order valence-electron chi connectivity index (χ3n) is 7.93. The van der Waals surface area contributed by atoms with Crippen LogP contribution >= 0.6 is 0 Å². The number of hydrogen-bond donors (Lipinski definition) is 3. The molecule has 0 atom stereocenters. The summed E-state index contributed by atoms with van der Waals surface area (Å²) in [4.78, 5) is 41.5. The fourth-order valence-electron chi connectivity index (χ4n) is 5.76. The van der Waals surface area contributed by atoms with Gasteiger partial charge in [0.2, 0.25) is 0 Å². The van der Waals surface area contributed by atoms with Crippen molar-refractivity contribution in [3.05, 3.63) is 136 Å². The van der Waals surface area contributed by atoms with Crippen LogP contribution in [0.15, 0.2) is 91.0 Å². The lowest BCUT2D eigenvalue weighted by Crippen LogP contribution is -2.25. The summed E-state index contributed by atoms with van der Waals surface area (Å²) < 4.78 is 5.06. The van der Waals surface area contributed by atoms with Gasteiger partial charge in [-0.05, 0) is 41.3 Å². The Bertz CT molecular complexity index is 1900. The Morgan fingerprint density at radius 2 is 1.28 bits per heavy atom. The SMILES string of the molecule is CCc1ccc2c(O)c3c(cc2c1C(=O)OC)C(=O)c1c(NCc2ccccc2)ccc(NCc2ccccc2)c1C3=O. The van der Waals surface area contributed by atoms with Crippen molar-refractivity contribution in [1.29, 1.82) is 0 Å². The number of rotatable bonds is 8. The summed E-state index contributed by atoms with van der Waals surface area (Å²) in [5.74, 6) is -1.80. The molecule has 0 bridgehead atoms. The Balaban J connectivity index is 1.53. The lowest BCUT2D eigenvalue weighted by atomic mass is 9.79. The number of carbonyl (C=O) groups excluding carboxylic acids is 3. The van der Waals surface area contributed by atoms with Gasteiger partial charge in [-0.1, -0.05) is 79.7 Å². The molecule has 0 amide bonds. The zero-order valence-electron chi connectivity index (χ0n) is 23.9. The summed E-state index contributed by atoms with van der Waals surface area (Å²) in [6.45, 7) is 2.78. The average Bonchev–Trinajstić information content (AvgIpc) is 3.05. The summed E-state index contributed by atoms with van der Waals surface area (Å²) >= 11 is 0. The van der Waals surface area contributed by atoms with Gasteiger partial charge in [0.05, 0.1) is 29.4 Å². The molecule has 5 aromatic rings. The summed E-state index contributed by atoms with van der Waals surface area (Å²) in [7, 11) is 1.29. The molecule has 6 rings (SSSR count). The van der Waals surface area contributed by atoms with Crippen molar-refractivity contribution in [2.75, 3.05) is 17.7 Å². The van der Waals surface area contributed by atoms with Crippen LogP contribution in [0, 0.1) is 0 Å². The molecule has 0 radical (unpaired) electrons. The number of ketones is 2. The highest BCUT2D eigenvalue weighted by Gasteiger charge is 2.37. The predicted octanol–water partition coefficient (Wildman–Crippen LogP) is 6.89. The number of benzene rings is 5. The molecule has 7 nitrogen and oxygen atoms in total. The fourth-order valence-corrected chi connectivity index (χ4v) is 5.76. The van der Waals surface area contributed by atoms with E-state index < -0.39 is 17.5 Å². The number of methoxy groups -OCH3 is 1. The summed E-state index contributed by atoms with van der Waals surface area (Å²) in [5, 5.41) is 18.9. The number of nitrogens with one attached hydrogen (secondary N) is 2. The number of hydrogen-bond acceptors (Lipinski definition) is 7. The lowest BCUT2D eigenvalue weighted by Gasteiger charge is -2.25. The zero-order chi connectivity index (χ0) is 30.1. The third-order valence-corrected chi connectivity index (χ3v) is 7.93. The van der Waals surface area contributed by atoms with Gasteiger partial charge < -0.3 is 20.5 Å². The van der Waals surface area contributed by atoms with Gasteiger partial charge in [0, 0.05) is 40.8 Å². The quantitative estimate of drug-likeness (QED) is 0.171. The molecule has 1 aliphatic carbocycles. The largest absolute Gasteiger partial charge is 0.507 e. The van der Waals surface area contributed by atoms with Crippen molar-refractivity contribution in [3.8, 4) is 5.75 Å². The van der Waals surface area contributed by atoms with E-state index in [1.165, 1.54) is 7.11 Å². The first-order chi connectivity index (χ1) is 20.9. The van der Waals surface area contributed by atoms with Gasteiger partial charge in [-0.3, -0.25) is 9.59 Å². The first-order valence-electron chi connectivity index (χ1n) is 14.1. The number of phenols is 1. The molecule has 0 unspecified atom stereocenters. The fraction of sp³-hybridized carbons (Fsp3) is 0.139. The van der Waals surface area contributed by atoms with E-state index in [9.17, 15) is 19.5 Å². The van der Waals surface area contributed by atoms with Crippen LogP contribution in [0.3, 0.4) is 0 Å². The minimum atomic E-state index is -0.575. The Morgan fingerprint density at radius 3 is 1.81 bits per heavy atom. The van der Waals surface area contributed by atoms with E-state index in [1.54, 1.807) is 30.3 Å². The summed E-state index contributed by atoms with van der Waals surface area (Å²) in [6, 6.07) is 28.0. The number of anilines is 2. The first kappa shape index (κ1) is 27.7. The molecule has 0 saturated heterocycles. The number of phenolic OH excluding ortho intramolecular Hbond substituents is 1. The number of fused-ring (bicyclic) bond motifs is 3. The molecule has 43 heavy (non-hydrogen) atoms. The highest BCUT2D eigenvalue weighted by molar-refractivity contribution is 6.34. The Labute approximate surface area is 249 Å². The number of aromatic hydroxyl groups is 1. The van der Waals surface area contributed by atoms with Crippen LogP contribution in [0.2, 0.25) is 0 Å². The summed E-state index contributed by atoms with van der Waals surface area (Å²) in [6.07, 6.45) is 0.540. The molecule has 1 aliphatic rings. The van der Waals surface area contributed by atoms with Crippen LogP contribution in [-0.4, -0.2) is 29.8 Å². The molecule has 5 aromatic carbocycles. The van der Waals surface area contributed by atoms with Crippen LogP contribution < -0.4 is 10.6 Å². The molecule has 0 spiro atoms. The topological polar surface area (TPSA) is 105 Å². The number of carbonyl (C=O) groups is 3. The Morgan fingerprint density at radius 1 is 0.721 bits per heavy atom. The maximum atomic E-state index is 14.4. The maximum Gasteiger partial charge on any atom is 0.338 e. The minimum Gasteiger partial charge on any atom is -0.507 e. The van der Waals surface area contributed by atoms with Crippen LogP contribution in [-0.2, 0) is 24.2 Å². The van der Waals surface area contributed by atoms with Crippen molar-refractivity contribution in [2.24, 2.45) is 0 Å². The molecular weight excluding hydrogens is 540 g/mol. The van der Waals surface area contributed by atoms with Gasteiger partial charge in [-0.2, -0.15) is 0 Å². The van der Waals surface area contributed by atoms with E-state index in [2.05, 4.69) is 10.6 Å². The van der Waals surface area contributed by atoms with Crippen molar-refractivity contribution in [1.82, 2.24) is 0 Å². The van der Waals surface area contributed by atoms with Gasteiger partial charge in [0.1, 0.15) is 5.75 Å². The average molecular weight is 571 g/mol. The number of ether oxygens (including phenoxy) is 1. The number of esters is 1. The second-order valence-electron chi connectivity index (χ2n) is 10.4. The molecule has 3 N–H and O–H groups in total. The highest BCUT2D eigenvalue weighted by atomic mass is 16.5. The minimum absolute atomic E-state index is 0.0453. The first-order valence-corrected chi connectivity index (χ1v) is 14.1. The van der Waals surface area contributed by atoms with Crippen molar-refractivity contribution >= 4 is 39.7 Å². The van der Waals surface area contributed by atoms with Crippen molar-refractivity contribution < 1.29 is 24.2 Å². The molecule has 0 saturated carbocycles. The van der Waals surface area contributed by atoms with Crippen LogP contribution in [0.25, 0.3) is 10.8 Å². The van der Waals surface area contributed by atoms with Crippen molar-refractivity contribution in [2.45, 2.75) is 26.4 Å². The van der Waals surface area contributed by atoms with Gasteiger partial charge >= 0.3 is 5.97 Å². The smallest absolute Gasteiger partial charge is 0.338 e. The Hall–Kier alpha value is -5.43. The second kappa shape index (κ2) is 11.4. The van der Waals surface area contributed by atoms with E-state index in [0.717, 1.165) is 11.1 Å². The Kier molecular flexibility index (Phi) is 7.38. The third kappa shape index (κ3) is 4.89. The van der Waals surface area contributed by atoms with E-state index >= 15 is 0 Å². The molecule has 0 aliphatic heterocycles. The van der Waals surface area contributed by atoms with Gasteiger partial charge in [-0.15, -0.1) is 0 Å². The highest BCUT2D eigenvalue weighted by Crippen LogP contribution is 2.43. The van der Waals surface area contributed by atoms with Crippen molar-refractivity contribution in [3.63, 3.8) is 0 Å². The number of aryl methyl sites for hydroxylation is 1. The monoisotopic (exact) mass is 570 g/mol. The van der Waals surface area contributed by atoms with E-state index in [1.807, 2.05) is 67.6 Å². The molecular formula is C36H30N2O5. The molecule has 214 valence electrons. The molecule has 7 heteroatoms. The maximum absolute atomic E-state index is 14.4. The van der Waals surface area contributed by atoms with E-state index in [-0.39, 0.29) is 33.6 Å².